The molecule has 0 radical (unpaired) electrons. The van der Waals surface area contributed by atoms with Crippen LogP contribution < -0.4 is 16.1 Å². The summed E-state index contributed by atoms with van der Waals surface area (Å²) in [5.41, 5.74) is 2.45. The van der Waals surface area contributed by atoms with Crippen LogP contribution in [0.2, 0.25) is 0 Å². The Kier molecular flexibility index (Phi) is 5.27. The molecule has 4 rings (SSSR count). The van der Waals surface area contributed by atoms with Crippen LogP contribution in [0.1, 0.15) is 31.7 Å². The second kappa shape index (κ2) is 7.87. The fraction of sp³-hybridized carbons (Fsp3) is 0.476. The molecule has 0 bridgehead atoms. The van der Waals surface area contributed by atoms with Crippen molar-refractivity contribution < 1.29 is 5.11 Å². The van der Waals surface area contributed by atoms with Crippen molar-refractivity contribution in [3.8, 4) is 0 Å². The Balaban J connectivity index is 1.76. The number of imidazole rings is 1. The van der Waals surface area contributed by atoms with Gasteiger partial charge in [-0.3, -0.25) is 13.9 Å². The molecule has 0 fully saturated rings. The molecule has 1 aliphatic rings. The molecule has 0 saturated heterocycles. The maximum atomic E-state index is 13.0. The maximum absolute atomic E-state index is 13.0. The number of aliphatic hydroxyl groups is 1. The van der Waals surface area contributed by atoms with Crippen molar-refractivity contribution in [2.75, 3.05) is 18.1 Å². The van der Waals surface area contributed by atoms with E-state index in [0.29, 0.717) is 30.1 Å². The summed E-state index contributed by atoms with van der Waals surface area (Å²) in [5.74, 6) is 0.688. The number of aliphatic hydroxyl groups excluding tert-OH is 1. The molecule has 8 heteroatoms. The van der Waals surface area contributed by atoms with E-state index in [2.05, 4.69) is 41.1 Å². The normalized spacial score (nSPS) is 13.4. The number of hydrogen-bond acceptors (Lipinski definition) is 5. The van der Waals surface area contributed by atoms with Crippen LogP contribution in [0.4, 0.5) is 11.6 Å². The van der Waals surface area contributed by atoms with Crippen molar-refractivity contribution in [3.63, 3.8) is 0 Å². The Morgan fingerprint density at radius 1 is 1.10 bits per heavy atom. The van der Waals surface area contributed by atoms with Gasteiger partial charge in [-0.05, 0) is 37.0 Å². The molecule has 3 heterocycles. The van der Waals surface area contributed by atoms with Gasteiger partial charge in [-0.25, -0.2) is 4.79 Å². The van der Waals surface area contributed by atoms with Crippen molar-refractivity contribution in [1.82, 2.24) is 18.7 Å². The van der Waals surface area contributed by atoms with Crippen LogP contribution in [-0.4, -0.2) is 36.9 Å². The minimum Gasteiger partial charge on any atom is -0.396 e. The molecule has 0 atom stereocenters. The summed E-state index contributed by atoms with van der Waals surface area (Å²) < 4.78 is 4.52. The second-order valence-electron chi connectivity index (χ2n) is 7.53. The van der Waals surface area contributed by atoms with Crippen LogP contribution in [0.25, 0.3) is 11.2 Å². The van der Waals surface area contributed by atoms with Crippen molar-refractivity contribution in [1.29, 1.82) is 0 Å². The summed E-state index contributed by atoms with van der Waals surface area (Å²) in [6.45, 7) is 3.68. The molecular formula is C21H27N5O3. The first-order chi connectivity index (χ1) is 14.1. The van der Waals surface area contributed by atoms with E-state index in [1.54, 1.807) is 7.05 Å². The summed E-state index contributed by atoms with van der Waals surface area (Å²) in [5, 5.41) is 9.09. The molecule has 8 nitrogen and oxygen atoms in total. The third-order valence-electron chi connectivity index (χ3n) is 5.61. The van der Waals surface area contributed by atoms with E-state index in [0.717, 1.165) is 18.7 Å². The molecule has 1 N–H and O–H groups in total. The molecule has 1 aliphatic heterocycles. The van der Waals surface area contributed by atoms with Gasteiger partial charge in [-0.15, -0.1) is 0 Å². The number of hydrogen-bond donors (Lipinski definition) is 1. The summed E-state index contributed by atoms with van der Waals surface area (Å²) in [4.78, 5) is 32.3. The van der Waals surface area contributed by atoms with Gasteiger partial charge in [-0.1, -0.05) is 25.5 Å². The minimum absolute atomic E-state index is 0.0693. The monoisotopic (exact) mass is 397 g/mol. The Hall–Kier alpha value is -2.87. The highest BCUT2D eigenvalue weighted by Gasteiger charge is 2.28. The minimum atomic E-state index is -0.403. The van der Waals surface area contributed by atoms with Crippen LogP contribution in [-0.2, 0) is 26.6 Å². The van der Waals surface area contributed by atoms with Gasteiger partial charge < -0.3 is 14.6 Å². The van der Waals surface area contributed by atoms with E-state index >= 15 is 0 Å². The predicted octanol–water partition coefficient (Wildman–Crippen LogP) is 1.77. The zero-order valence-corrected chi connectivity index (χ0v) is 17.0. The first-order valence-corrected chi connectivity index (χ1v) is 10.2. The lowest BCUT2D eigenvalue weighted by molar-refractivity contribution is 0.277. The standard InChI is InChI=1S/C21H27N5O3/c1-3-4-6-15-7-9-16(10-8-15)24-12-13-25-17-18(22-20(24)25)23(2)21(29)26(19(17)28)11-5-14-27/h7-10,27H,3-6,11-14H2,1-2H3. The SMILES string of the molecule is CCCCc1ccc(N2CCn3c2nc2c3c(=O)n(CCCO)c(=O)n2C)cc1. The van der Waals surface area contributed by atoms with Gasteiger partial charge in [0.05, 0.1) is 0 Å². The molecular weight excluding hydrogens is 370 g/mol. The summed E-state index contributed by atoms with van der Waals surface area (Å²) in [7, 11) is 1.63. The fourth-order valence-electron chi connectivity index (χ4n) is 3.97. The molecule has 0 unspecified atom stereocenters. The molecule has 3 aromatic rings. The zero-order chi connectivity index (χ0) is 20.5. The van der Waals surface area contributed by atoms with Gasteiger partial charge in [0.2, 0.25) is 5.95 Å². The zero-order valence-electron chi connectivity index (χ0n) is 17.0. The van der Waals surface area contributed by atoms with Crippen LogP contribution in [0.5, 0.6) is 0 Å². The van der Waals surface area contributed by atoms with E-state index in [1.807, 2.05) is 4.57 Å². The van der Waals surface area contributed by atoms with Gasteiger partial charge >= 0.3 is 5.69 Å². The number of rotatable bonds is 7. The first-order valence-electron chi connectivity index (χ1n) is 10.2. The van der Waals surface area contributed by atoms with E-state index < -0.39 is 5.69 Å². The maximum Gasteiger partial charge on any atom is 0.332 e. The summed E-state index contributed by atoms with van der Waals surface area (Å²) >= 11 is 0. The highest BCUT2D eigenvalue weighted by Crippen LogP contribution is 2.31. The Morgan fingerprint density at radius 3 is 2.55 bits per heavy atom. The largest absolute Gasteiger partial charge is 0.396 e. The second-order valence-corrected chi connectivity index (χ2v) is 7.53. The number of anilines is 2. The average Bonchev–Trinajstić information content (AvgIpc) is 3.30. The number of unbranched alkanes of at least 4 members (excludes halogenated alkanes) is 1. The molecule has 1 aromatic carbocycles. The quantitative estimate of drug-likeness (QED) is 0.657. The average molecular weight is 397 g/mol. The van der Waals surface area contributed by atoms with Crippen molar-refractivity contribution in [2.45, 2.75) is 45.7 Å². The Bertz CT molecular complexity index is 1140. The molecule has 0 spiro atoms. The summed E-state index contributed by atoms with van der Waals surface area (Å²) in [6.07, 6.45) is 3.78. The van der Waals surface area contributed by atoms with Gasteiger partial charge in [-0.2, -0.15) is 4.98 Å². The third-order valence-corrected chi connectivity index (χ3v) is 5.61. The van der Waals surface area contributed by atoms with Gasteiger partial charge in [0.25, 0.3) is 5.56 Å². The van der Waals surface area contributed by atoms with Gasteiger partial charge in [0.15, 0.2) is 11.2 Å². The van der Waals surface area contributed by atoms with E-state index in [4.69, 9.17) is 5.11 Å². The van der Waals surface area contributed by atoms with Gasteiger partial charge in [0, 0.05) is 39.0 Å². The highest BCUT2D eigenvalue weighted by molar-refractivity contribution is 5.77. The Labute approximate surface area is 168 Å². The van der Waals surface area contributed by atoms with Crippen LogP contribution >= 0.6 is 0 Å². The number of nitrogens with zero attached hydrogens (tertiary/aromatic N) is 5. The van der Waals surface area contributed by atoms with E-state index in [9.17, 15) is 9.59 Å². The fourth-order valence-corrected chi connectivity index (χ4v) is 3.97. The smallest absolute Gasteiger partial charge is 0.332 e. The molecule has 29 heavy (non-hydrogen) atoms. The lowest BCUT2D eigenvalue weighted by Gasteiger charge is -2.16. The summed E-state index contributed by atoms with van der Waals surface area (Å²) in [6, 6.07) is 8.49. The van der Waals surface area contributed by atoms with E-state index in [1.165, 1.54) is 27.5 Å². The predicted molar refractivity (Wildman–Crippen MR) is 113 cm³/mol. The molecule has 154 valence electrons. The molecule has 0 saturated carbocycles. The molecule has 2 aromatic heterocycles. The number of aryl methyl sites for hydroxylation is 2. The number of benzene rings is 1. The Morgan fingerprint density at radius 2 is 1.86 bits per heavy atom. The topological polar surface area (TPSA) is 85.3 Å². The number of aromatic nitrogens is 4. The number of fused-ring (bicyclic) bond motifs is 3. The lowest BCUT2D eigenvalue weighted by Crippen LogP contribution is -2.39. The molecule has 0 amide bonds. The van der Waals surface area contributed by atoms with E-state index in [-0.39, 0.29) is 18.7 Å². The van der Waals surface area contributed by atoms with Crippen molar-refractivity contribution in [3.05, 3.63) is 50.7 Å². The molecule has 0 aliphatic carbocycles. The van der Waals surface area contributed by atoms with Gasteiger partial charge in [0.1, 0.15) is 0 Å². The van der Waals surface area contributed by atoms with Crippen LogP contribution in [0, 0.1) is 0 Å². The van der Waals surface area contributed by atoms with Crippen LogP contribution in [0.15, 0.2) is 33.9 Å². The third kappa shape index (κ3) is 3.27. The lowest BCUT2D eigenvalue weighted by atomic mass is 10.1. The highest BCUT2D eigenvalue weighted by atomic mass is 16.3. The van der Waals surface area contributed by atoms with Crippen molar-refractivity contribution >= 4 is 22.8 Å². The van der Waals surface area contributed by atoms with Crippen molar-refractivity contribution in [2.24, 2.45) is 7.05 Å². The van der Waals surface area contributed by atoms with Crippen LogP contribution in [0.3, 0.4) is 0 Å². The first kappa shape index (κ1) is 19.4.